The number of hydrogen-bond donors (Lipinski definition) is 2. The highest BCUT2D eigenvalue weighted by Gasteiger charge is 2.21. The third kappa shape index (κ3) is 4.16. The Morgan fingerprint density at radius 1 is 1.19 bits per heavy atom. The molecule has 132 valence electrons. The molecule has 1 aliphatic rings. The molecule has 1 aliphatic heterocycles. The van der Waals surface area contributed by atoms with Gasteiger partial charge in [-0.25, -0.2) is 0 Å². The molecule has 0 bridgehead atoms. The summed E-state index contributed by atoms with van der Waals surface area (Å²) >= 11 is 10.7. The number of amides is 1. The smallest absolute Gasteiger partial charge is 0.273 e. The summed E-state index contributed by atoms with van der Waals surface area (Å²) in [5.74, 6) is -0.0179. The van der Waals surface area contributed by atoms with Gasteiger partial charge in [-0.05, 0) is 42.1 Å². The van der Waals surface area contributed by atoms with Gasteiger partial charge in [0.05, 0.1) is 4.92 Å². The van der Waals surface area contributed by atoms with E-state index in [0.717, 1.165) is 5.56 Å². The minimum atomic E-state index is -0.516. The number of nitrogens with one attached hydrogen (secondary N) is 2. The van der Waals surface area contributed by atoms with E-state index in [1.807, 2.05) is 12.1 Å². The quantitative estimate of drug-likeness (QED) is 0.353. The highest BCUT2D eigenvalue weighted by atomic mass is 35.5. The van der Waals surface area contributed by atoms with Gasteiger partial charge in [-0.2, -0.15) is 0 Å². The van der Waals surface area contributed by atoms with E-state index in [4.69, 9.17) is 28.6 Å². The van der Waals surface area contributed by atoms with Gasteiger partial charge in [-0.15, -0.1) is 0 Å². The zero-order chi connectivity index (χ0) is 18.7. The van der Waals surface area contributed by atoms with Gasteiger partial charge >= 0.3 is 0 Å². The van der Waals surface area contributed by atoms with E-state index in [1.54, 1.807) is 12.1 Å². The van der Waals surface area contributed by atoms with E-state index < -0.39 is 10.8 Å². The Morgan fingerprint density at radius 3 is 2.54 bits per heavy atom. The first-order chi connectivity index (χ1) is 12.4. The van der Waals surface area contributed by atoms with E-state index >= 15 is 0 Å². The number of benzene rings is 2. The summed E-state index contributed by atoms with van der Waals surface area (Å²) < 4.78 is 5.77. The number of nitro groups is 1. The van der Waals surface area contributed by atoms with Crippen molar-refractivity contribution < 1.29 is 14.5 Å². The van der Waals surface area contributed by atoms with Gasteiger partial charge < -0.3 is 10.1 Å². The summed E-state index contributed by atoms with van der Waals surface area (Å²) in [6, 6.07) is 11.3. The van der Waals surface area contributed by atoms with Crippen molar-refractivity contribution in [3.63, 3.8) is 0 Å². The molecule has 0 aliphatic carbocycles. The van der Waals surface area contributed by atoms with Crippen LogP contribution in [-0.4, -0.2) is 15.9 Å². The van der Waals surface area contributed by atoms with Crippen LogP contribution in [0.4, 0.5) is 5.69 Å². The van der Waals surface area contributed by atoms with E-state index in [0.29, 0.717) is 16.3 Å². The van der Waals surface area contributed by atoms with E-state index in [2.05, 4.69) is 10.6 Å². The van der Waals surface area contributed by atoms with E-state index in [-0.39, 0.29) is 23.1 Å². The number of thiocarbonyl (C=S) groups is 1. The van der Waals surface area contributed by atoms with Crippen LogP contribution in [0, 0.1) is 10.1 Å². The molecule has 2 aromatic rings. The Labute approximate surface area is 158 Å². The number of rotatable bonds is 5. The average Bonchev–Trinajstić information content (AvgIpc) is 2.92. The number of carbonyl (C=O) groups excluding carboxylic acids is 1. The number of carbonyl (C=O) groups is 1. The summed E-state index contributed by atoms with van der Waals surface area (Å²) in [7, 11) is 0. The topological polar surface area (TPSA) is 93.5 Å². The molecule has 1 heterocycles. The molecule has 0 atom stereocenters. The maximum Gasteiger partial charge on any atom is 0.273 e. The summed E-state index contributed by atoms with van der Waals surface area (Å²) in [6.07, 6.45) is 1.46. The van der Waals surface area contributed by atoms with Crippen LogP contribution in [-0.2, 0) is 11.4 Å². The highest BCUT2D eigenvalue weighted by Crippen LogP contribution is 2.27. The maximum absolute atomic E-state index is 11.8. The molecule has 3 rings (SSSR count). The van der Waals surface area contributed by atoms with Gasteiger partial charge in [0.15, 0.2) is 5.11 Å². The zero-order valence-corrected chi connectivity index (χ0v) is 14.8. The molecule has 0 spiro atoms. The van der Waals surface area contributed by atoms with Crippen LogP contribution in [0.15, 0.2) is 48.2 Å². The SMILES string of the molecule is O=C1NC(=S)N/C1=C\c1cc([N+](=O)[O-])ccc1OCc1ccc(Cl)cc1. The molecule has 1 amide bonds. The number of hydrogen-bond acceptors (Lipinski definition) is 5. The fourth-order valence-corrected chi connectivity index (χ4v) is 2.60. The van der Waals surface area contributed by atoms with Crippen molar-refractivity contribution in [1.82, 2.24) is 10.6 Å². The molecule has 26 heavy (non-hydrogen) atoms. The first kappa shape index (κ1) is 17.8. The van der Waals surface area contributed by atoms with Crippen LogP contribution in [0.25, 0.3) is 6.08 Å². The predicted octanol–water partition coefficient (Wildman–Crippen LogP) is 3.17. The van der Waals surface area contributed by atoms with Crippen molar-refractivity contribution in [3.05, 3.63) is 74.4 Å². The van der Waals surface area contributed by atoms with Crippen LogP contribution in [0.2, 0.25) is 5.02 Å². The molecule has 0 unspecified atom stereocenters. The molecule has 2 aromatic carbocycles. The average molecular weight is 390 g/mol. The Bertz CT molecular complexity index is 928. The monoisotopic (exact) mass is 389 g/mol. The fourth-order valence-electron chi connectivity index (χ4n) is 2.27. The van der Waals surface area contributed by atoms with Crippen LogP contribution >= 0.6 is 23.8 Å². The van der Waals surface area contributed by atoms with E-state index in [9.17, 15) is 14.9 Å². The van der Waals surface area contributed by atoms with Gasteiger partial charge in [0.25, 0.3) is 11.6 Å². The minimum Gasteiger partial charge on any atom is -0.488 e. The van der Waals surface area contributed by atoms with Crippen molar-refractivity contribution in [2.45, 2.75) is 6.61 Å². The molecule has 0 radical (unpaired) electrons. The van der Waals surface area contributed by atoms with Crippen molar-refractivity contribution >= 4 is 46.6 Å². The first-order valence-corrected chi connectivity index (χ1v) is 8.21. The number of nitrogens with zero attached hydrogens (tertiary/aromatic N) is 1. The molecule has 9 heteroatoms. The lowest BCUT2D eigenvalue weighted by Crippen LogP contribution is -2.21. The Balaban J connectivity index is 1.90. The number of halogens is 1. The van der Waals surface area contributed by atoms with Crippen LogP contribution in [0.3, 0.4) is 0 Å². The van der Waals surface area contributed by atoms with Crippen molar-refractivity contribution in [1.29, 1.82) is 0 Å². The van der Waals surface area contributed by atoms with Gasteiger partial charge in [0.2, 0.25) is 0 Å². The number of nitro benzene ring substituents is 1. The van der Waals surface area contributed by atoms with Gasteiger partial charge in [0, 0.05) is 22.7 Å². The molecule has 2 N–H and O–H groups in total. The summed E-state index contributed by atoms with van der Waals surface area (Å²) in [5.41, 5.74) is 1.34. The predicted molar refractivity (Wildman–Crippen MR) is 101 cm³/mol. The van der Waals surface area contributed by atoms with Crippen molar-refractivity contribution in [2.24, 2.45) is 0 Å². The molecule has 7 nitrogen and oxygen atoms in total. The normalized spacial score (nSPS) is 14.9. The van der Waals surface area contributed by atoms with Crippen molar-refractivity contribution in [3.8, 4) is 5.75 Å². The fraction of sp³-hybridized carbons (Fsp3) is 0.0588. The van der Waals surface area contributed by atoms with Crippen LogP contribution in [0.1, 0.15) is 11.1 Å². The maximum atomic E-state index is 11.8. The molecule has 0 saturated carbocycles. The largest absolute Gasteiger partial charge is 0.488 e. The lowest BCUT2D eigenvalue weighted by Gasteiger charge is -2.10. The summed E-state index contributed by atoms with van der Waals surface area (Å²) in [6.45, 7) is 0.239. The summed E-state index contributed by atoms with van der Waals surface area (Å²) in [5, 5.41) is 17.0. The van der Waals surface area contributed by atoms with Crippen LogP contribution < -0.4 is 15.4 Å². The Kier molecular flexibility index (Phi) is 5.15. The zero-order valence-electron chi connectivity index (χ0n) is 13.2. The Morgan fingerprint density at radius 2 is 1.92 bits per heavy atom. The molecule has 1 fully saturated rings. The standard InChI is InChI=1S/C17H12ClN3O4S/c18-12-3-1-10(2-4-12)9-25-15-6-5-13(21(23)24)7-11(15)8-14-16(22)20-17(26)19-14/h1-8H,9H2,(H2,19,20,22,26)/b14-8-. The third-order valence-corrected chi connectivity index (χ3v) is 3.99. The minimum absolute atomic E-state index is 0.114. The Hall–Kier alpha value is -2.97. The number of non-ortho nitro benzene ring substituents is 1. The van der Waals surface area contributed by atoms with Gasteiger partial charge in [-0.1, -0.05) is 23.7 Å². The molecule has 1 saturated heterocycles. The third-order valence-electron chi connectivity index (χ3n) is 3.53. The number of ether oxygens (including phenoxy) is 1. The molecular weight excluding hydrogens is 378 g/mol. The van der Waals surface area contributed by atoms with E-state index in [1.165, 1.54) is 24.3 Å². The molecule has 0 aromatic heterocycles. The van der Waals surface area contributed by atoms with Gasteiger partial charge in [-0.3, -0.25) is 20.2 Å². The first-order valence-electron chi connectivity index (χ1n) is 7.42. The van der Waals surface area contributed by atoms with Crippen LogP contribution in [0.5, 0.6) is 5.75 Å². The second-order valence-corrected chi connectivity index (χ2v) is 6.21. The second-order valence-electron chi connectivity index (χ2n) is 5.36. The molecular formula is C17H12ClN3O4S. The van der Waals surface area contributed by atoms with Gasteiger partial charge in [0.1, 0.15) is 18.1 Å². The lowest BCUT2D eigenvalue weighted by molar-refractivity contribution is -0.384. The lowest BCUT2D eigenvalue weighted by atomic mass is 10.1. The highest BCUT2D eigenvalue weighted by molar-refractivity contribution is 7.80. The summed E-state index contributed by atoms with van der Waals surface area (Å²) in [4.78, 5) is 22.3. The second kappa shape index (κ2) is 7.51. The van der Waals surface area contributed by atoms with Crippen molar-refractivity contribution in [2.75, 3.05) is 0 Å².